The van der Waals surface area contributed by atoms with Crippen LogP contribution >= 0.6 is 0 Å². The van der Waals surface area contributed by atoms with E-state index in [0.29, 0.717) is 17.4 Å². The summed E-state index contributed by atoms with van der Waals surface area (Å²) in [7, 11) is 1.67. The average molecular weight is 392 g/mol. The molecule has 7 nitrogen and oxygen atoms in total. The number of benzene rings is 1. The van der Waals surface area contributed by atoms with Gasteiger partial charge in [-0.25, -0.2) is 0 Å². The summed E-state index contributed by atoms with van der Waals surface area (Å²) in [6.07, 6.45) is 4.88. The highest BCUT2D eigenvalue weighted by molar-refractivity contribution is 5.94. The first-order valence-corrected chi connectivity index (χ1v) is 9.90. The van der Waals surface area contributed by atoms with Crippen molar-refractivity contribution in [1.29, 1.82) is 0 Å². The van der Waals surface area contributed by atoms with Gasteiger partial charge in [-0.15, -0.1) is 0 Å². The van der Waals surface area contributed by atoms with E-state index in [-0.39, 0.29) is 11.9 Å². The number of hydrogen-bond acceptors (Lipinski definition) is 5. The number of carbonyl (C=O) groups is 1. The molecule has 1 N–H and O–H groups in total. The summed E-state index contributed by atoms with van der Waals surface area (Å²) in [4.78, 5) is 17.7. The summed E-state index contributed by atoms with van der Waals surface area (Å²) in [6, 6.07) is 11.9. The fraction of sp³-hybridized carbons (Fsp3) is 0.364. The Bertz CT molecular complexity index is 953. The first-order chi connectivity index (χ1) is 14.2. The first-order valence-electron chi connectivity index (χ1n) is 9.90. The summed E-state index contributed by atoms with van der Waals surface area (Å²) in [6.45, 7) is 3.55. The molecule has 7 heteroatoms. The molecule has 2 aliphatic heterocycles. The van der Waals surface area contributed by atoms with E-state index in [1.807, 2.05) is 23.1 Å². The predicted molar refractivity (Wildman–Crippen MR) is 106 cm³/mol. The molecule has 150 valence electrons. The van der Waals surface area contributed by atoms with Crippen LogP contribution in [0.3, 0.4) is 0 Å². The predicted octanol–water partition coefficient (Wildman–Crippen LogP) is 2.96. The summed E-state index contributed by atoms with van der Waals surface area (Å²) >= 11 is 0. The van der Waals surface area contributed by atoms with Gasteiger partial charge in [0.05, 0.1) is 25.0 Å². The highest BCUT2D eigenvalue weighted by atomic mass is 16.5. The van der Waals surface area contributed by atoms with Crippen molar-refractivity contribution in [2.75, 3.05) is 26.7 Å². The lowest BCUT2D eigenvalue weighted by atomic mass is 9.89. The number of ether oxygens (including phenoxy) is 1. The molecule has 0 spiro atoms. The first kappa shape index (κ1) is 18.0. The van der Waals surface area contributed by atoms with Crippen LogP contribution < -0.4 is 4.74 Å². The zero-order valence-electron chi connectivity index (χ0n) is 16.3. The maximum atomic E-state index is 13.2. The summed E-state index contributed by atoms with van der Waals surface area (Å²) in [5, 5.41) is 7.10. The van der Waals surface area contributed by atoms with E-state index in [1.165, 1.54) is 6.26 Å². The highest BCUT2D eigenvalue weighted by Gasteiger charge is 2.49. The molecule has 5 rings (SSSR count). The number of rotatable bonds is 5. The number of nitrogens with zero attached hydrogens (tertiary/aromatic N) is 3. The zero-order valence-corrected chi connectivity index (χ0v) is 16.3. The number of likely N-dealkylation sites (tertiary alicyclic amines) is 2. The topological polar surface area (TPSA) is 74.6 Å². The van der Waals surface area contributed by atoms with Gasteiger partial charge in [0.1, 0.15) is 12.0 Å². The van der Waals surface area contributed by atoms with E-state index in [9.17, 15) is 4.79 Å². The number of carbonyl (C=O) groups excluding carboxylic acids is 1. The molecule has 2 aliphatic rings. The minimum absolute atomic E-state index is 0.0362. The molecule has 29 heavy (non-hydrogen) atoms. The Hall–Kier alpha value is -3.06. The van der Waals surface area contributed by atoms with Crippen LogP contribution in [0.5, 0.6) is 5.75 Å². The summed E-state index contributed by atoms with van der Waals surface area (Å²) in [5.41, 5.74) is 2.88. The fourth-order valence-corrected chi connectivity index (χ4v) is 4.87. The second-order valence-electron chi connectivity index (χ2n) is 7.89. The largest absolute Gasteiger partial charge is 0.497 e. The van der Waals surface area contributed by atoms with Gasteiger partial charge in [-0.2, -0.15) is 5.10 Å². The lowest BCUT2D eigenvalue weighted by molar-refractivity contribution is 0.0699. The molecule has 0 radical (unpaired) electrons. The van der Waals surface area contributed by atoms with E-state index < -0.39 is 0 Å². The third kappa shape index (κ3) is 3.31. The average Bonchev–Trinajstić information content (AvgIpc) is 3.52. The number of nitrogens with one attached hydrogen (secondary N) is 1. The van der Waals surface area contributed by atoms with Gasteiger partial charge < -0.3 is 14.1 Å². The molecule has 2 aromatic heterocycles. The number of H-pyrrole nitrogens is 1. The molecule has 0 saturated carbocycles. The third-order valence-corrected chi connectivity index (χ3v) is 6.18. The Morgan fingerprint density at radius 1 is 1.21 bits per heavy atom. The monoisotopic (exact) mass is 392 g/mol. The fourth-order valence-electron chi connectivity index (χ4n) is 4.87. The molecule has 1 aromatic carbocycles. The van der Waals surface area contributed by atoms with Gasteiger partial charge in [0.15, 0.2) is 0 Å². The van der Waals surface area contributed by atoms with Crippen molar-refractivity contribution in [1.82, 2.24) is 20.0 Å². The van der Waals surface area contributed by atoms with Crippen LogP contribution in [0.25, 0.3) is 0 Å². The number of amides is 1. The molecule has 2 saturated heterocycles. The Morgan fingerprint density at radius 3 is 2.76 bits per heavy atom. The number of hydrogen-bond donors (Lipinski definition) is 1. The molecular formula is C22H24N4O3. The Labute approximate surface area is 169 Å². The Morgan fingerprint density at radius 2 is 2.07 bits per heavy atom. The van der Waals surface area contributed by atoms with Gasteiger partial charge in [-0.3, -0.25) is 14.8 Å². The van der Waals surface area contributed by atoms with Crippen molar-refractivity contribution in [2.24, 2.45) is 11.8 Å². The van der Waals surface area contributed by atoms with Crippen molar-refractivity contribution in [2.45, 2.75) is 12.6 Å². The number of methoxy groups -OCH3 is 1. The SMILES string of the molecule is COc1ccc([C@H]2[C@H]3CN(Cc4ccn[nH]4)C[C@H]3CN2C(=O)c2ccoc2)cc1. The third-order valence-electron chi connectivity index (χ3n) is 6.18. The highest BCUT2D eigenvalue weighted by Crippen LogP contribution is 2.46. The van der Waals surface area contributed by atoms with Crippen molar-refractivity contribution < 1.29 is 13.9 Å². The molecule has 3 aromatic rings. The normalized spacial score (nSPS) is 24.0. The molecule has 3 atom stereocenters. The lowest BCUT2D eigenvalue weighted by Crippen LogP contribution is -2.35. The minimum Gasteiger partial charge on any atom is -0.497 e. The van der Waals surface area contributed by atoms with Gasteiger partial charge in [-0.1, -0.05) is 12.1 Å². The maximum absolute atomic E-state index is 13.2. The second-order valence-corrected chi connectivity index (χ2v) is 7.89. The molecule has 1 amide bonds. The van der Waals surface area contributed by atoms with Crippen molar-refractivity contribution >= 4 is 5.91 Å². The molecule has 0 aliphatic carbocycles. The van der Waals surface area contributed by atoms with Crippen LogP contribution in [0.1, 0.15) is 27.7 Å². The molecule has 0 unspecified atom stereocenters. The van der Waals surface area contributed by atoms with Gasteiger partial charge in [0.25, 0.3) is 5.91 Å². The van der Waals surface area contributed by atoms with Crippen LogP contribution in [0.2, 0.25) is 0 Å². The number of aromatic amines is 1. The number of furan rings is 1. The summed E-state index contributed by atoms with van der Waals surface area (Å²) < 4.78 is 10.5. The standard InChI is InChI=1S/C22H24N4O3/c1-28-19-4-2-15(3-5-19)21-20-13-25(12-18-6-8-23-24-18)10-17(20)11-26(21)22(27)16-7-9-29-14-16/h2-9,14,17,20-21H,10-13H2,1H3,(H,23,24)/t17-,20-,21-/m0/s1. The molecule has 2 fully saturated rings. The maximum Gasteiger partial charge on any atom is 0.257 e. The van der Waals surface area contributed by atoms with Crippen LogP contribution in [-0.2, 0) is 6.54 Å². The summed E-state index contributed by atoms with van der Waals surface area (Å²) in [5.74, 6) is 1.69. The van der Waals surface area contributed by atoms with Crippen LogP contribution in [0, 0.1) is 11.8 Å². The van der Waals surface area contributed by atoms with E-state index in [4.69, 9.17) is 9.15 Å². The van der Waals surface area contributed by atoms with Crippen molar-refractivity contribution in [3.8, 4) is 5.75 Å². The van der Waals surface area contributed by atoms with Crippen LogP contribution in [0.4, 0.5) is 0 Å². The van der Waals surface area contributed by atoms with E-state index in [1.54, 1.807) is 25.6 Å². The van der Waals surface area contributed by atoms with E-state index in [2.05, 4.69) is 27.2 Å². The van der Waals surface area contributed by atoms with Crippen LogP contribution in [0.15, 0.2) is 59.5 Å². The van der Waals surface area contributed by atoms with E-state index in [0.717, 1.165) is 43.2 Å². The molecule has 0 bridgehead atoms. The molecule has 4 heterocycles. The Kier molecular flexibility index (Phi) is 4.60. The van der Waals surface area contributed by atoms with Gasteiger partial charge in [-0.05, 0) is 35.7 Å². The molecular weight excluding hydrogens is 368 g/mol. The van der Waals surface area contributed by atoms with Crippen LogP contribution in [-0.4, -0.2) is 52.6 Å². The zero-order chi connectivity index (χ0) is 19.8. The van der Waals surface area contributed by atoms with Gasteiger partial charge >= 0.3 is 0 Å². The van der Waals surface area contributed by atoms with E-state index >= 15 is 0 Å². The second kappa shape index (κ2) is 7.40. The number of aromatic nitrogens is 2. The van der Waals surface area contributed by atoms with Gasteiger partial charge in [0.2, 0.25) is 0 Å². The van der Waals surface area contributed by atoms with Crippen molar-refractivity contribution in [3.63, 3.8) is 0 Å². The van der Waals surface area contributed by atoms with Gasteiger partial charge in [0, 0.05) is 44.0 Å². The number of fused-ring (bicyclic) bond motifs is 1. The Balaban J connectivity index is 1.42. The lowest BCUT2D eigenvalue weighted by Gasteiger charge is -2.29. The van der Waals surface area contributed by atoms with Crippen molar-refractivity contribution in [3.05, 3.63) is 71.9 Å². The minimum atomic E-state index is 0.0362. The smallest absolute Gasteiger partial charge is 0.257 e. The quantitative estimate of drug-likeness (QED) is 0.723.